The van der Waals surface area contributed by atoms with Gasteiger partial charge in [0.1, 0.15) is 18.1 Å². The van der Waals surface area contributed by atoms with Crippen molar-refractivity contribution in [2.45, 2.75) is 32.9 Å². The molecule has 0 saturated carbocycles. The van der Waals surface area contributed by atoms with Crippen molar-refractivity contribution >= 4 is 5.91 Å². The van der Waals surface area contributed by atoms with E-state index in [1.807, 2.05) is 58.3 Å². The van der Waals surface area contributed by atoms with Crippen molar-refractivity contribution in [3.63, 3.8) is 0 Å². The van der Waals surface area contributed by atoms with E-state index in [9.17, 15) is 4.79 Å². The third kappa shape index (κ3) is 5.48. The van der Waals surface area contributed by atoms with Crippen LogP contribution in [-0.2, 0) is 13.0 Å². The molecule has 0 saturated heterocycles. The van der Waals surface area contributed by atoms with Crippen LogP contribution < -0.4 is 10.1 Å². The zero-order valence-electron chi connectivity index (χ0n) is 18.0. The topological polar surface area (TPSA) is 67.6 Å². The number of carbonyl (C=O) groups is 1. The normalized spacial score (nSPS) is 12.0. The first kappa shape index (κ1) is 21.6. The van der Waals surface area contributed by atoms with Crippen molar-refractivity contribution in [2.24, 2.45) is 0 Å². The Morgan fingerprint density at radius 3 is 2.47 bits per heavy atom. The van der Waals surface area contributed by atoms with Crippen LogP contribution in [0.3, 0.4) is 0 Å². The van der Waals surface area contributed by atoms with Crippen molar-refractivity contribution in [1.29, 1.82) is 0 Å². The lowest BCUT2D eigenvalue weighted by molar-refractivity contribution is 0.0937. The highest BCUT2D eigenvalue weighted by Gasteiger charge is 2.18. The van der Waals surface area contributed by atoms with Crippen molar-refractivity contribution < 1.29 is 14.1 Å². The van der Waals surface area contributed by atoms with Gasteiger partial charge in [-0.3, -0.25) is 4.79 Å². The molecule has 3 aromatic rings. The second-order valence-electron chi connectivity index (χ2n) is 7.60. The van der Waals surface area contributed by atoms with Gasteiger partial charge >= 0.3 is 0 Å². The van der Waals surface area contributed by atoms with Crippen LogP contribution >= 0.6 is 0 Å². The van der Waals surface area contributed by atoms with E-state index >= 15 is 0 Å². The van der Waals surface area contributed by atoms with Crippen molar-refractivity contribution in [1.82, 2.24) is 15.4 Å². The van der Waals surface area contributed by atoms with Gasteiger partial charge < -0.3 is 19.5 Å². The summed E-state index contributed by atoms with van der Waals surface area (Å²) in [5.41, 5.74) is 3.46. The van der Waals surface area contributed by atoms with E-state index in [4.69, 9.17) is 9.26 Å². The molecule has 0 fully saturated rings. The molecular weight excluding hydrogens is 378 g/mol. The molecule has 0 radical (unpaired) electrons. The molecule has 158 valence electrons. The molecule has 30 heavy (non-hydrogen) atoms. The lowest BCUT2D eigenvalue weighted by atomic mass is 10.0. The van der Waals surface area contributed by atoms with Crippen LogP contribution in [0.4, 0.5) is 0 Å². The molecule has 1 heterocycles. The highest BCUT2D eigenvalue weighted by molar-refractivity contribution is 5.96. The van der Waals surface area contributed by atoms with Crippen molar-refractivity contribution in [3.05, 3.63) is 82.7 Å². The van der Waals surface area contributed by atoms with Gasteiger partial charge in [-0.25, -0.2) is 0 Å². The number of nitrogens with zero attached hydrogens (tertiary/aromatic N) is 2. The summed E-state index contributed by atoms with van der Waals surface area (Å²) in [5.74, 6) is 1.12. The summed E-state index contributed by atoms with van der Waals surface area (Å²) >= 11 is 0. The van der Waals surface area contributed by atoms with Crippen LogP contribution in [0.2, 0.25) is 0 Å². The molecule has 2 aromatic carbocycles. The number of hydrogen-bond donors (Lipinski definition) is 1. The Hall–Kier alpha value is -3.12. The van der Waals surface area contributed by atoms with Gasteiger partial charge in [0.05, 0.1) is 16.8 Å². The quantitative estimate of drug-likeness (QED) is 0.585. The second-order valence-corrected chi connectivity index (χ2v) is 7.60. The maximum absolute atomic E-state index is 12.9. The molecule has 1 N–H and O–H groups in total. The Morgan fingerprint density at radius 1 is 1.10 bits per heavy atom. The monoisotopic (exact) mass is 407 g/mol. The van der Waals surface area contributed by atoms with Gasteiger partial charge in [0.2, 0.25) is 0 Å². The molecule has 1 atom stereocenters. The highest BCUT2D eigenvalue weighted by atomic mass is 16.5. The smallest absolute Gasteiger partial charge is 0.255 e. The Kier molecular flexibility index (Phi) is 7.25. The summed E-state index contributed by atoms with van der Waals surface area (Å²) < 4.78 is 11.1. The van der Waals surface area contributed by atoms with E-state index in [2.05, 4.69) is 27.5 Å². The molecule has 0 aliphatic carbocycles. The van der Waals surface area contributed by atoms with E-state index < -0.39 is 0 Å². The summed E-state index contributed by atoms with van der Waals surface area (Å²) in [4.78, 5) is 15.0. The standard InChI is InChI=1S/C24H29N3O3/c1-17-22(18(2)30-26-17)16-29-23-13-9-8-12-21(23)24(28)25-15-20(27(3)4)14-19-10-6-5-7-11-19/h5-13,20H,14-16H2,1-4H3,(H,25,28). The Morgan fingerprint density at radius 2 is 1.80 bits per heavy atom. The third-order valence-electron chi connectivity index (χ3n) is 5.23. The maximum Gasteiger partial charge on any atom is 0.255 e. The van der Waals surface area contributed by atoms with E-state index in [0.717, 1.165) is 23.4 Å². The fraction of sp³-hybridized carbons (Fsp3) is 0.333. The minimum absolute atomic E-state index is 0.149. The van der Waals surface area contributed by atoms with Crippen LogP contribution in [0.25, 0.3) is 0 Å². The number of rotatable bonds is 9. The SMILES string of the molecule is Cc1noc(C)c1COc1ccccc1C(=O)NCC(Cc1ccccc1)N(C)C. The van der Waals surface area contributed by atoms with Gasteiger partial charge in [-0.1, -0.05) is 47.6 Å². The lowest BCUT2D eigenvalue weighted by Gasteiger charge is -2.25. The van der Waals surface area contributed by atoms with Gasteiger partial charge in [-0.15, -0.1) is 0 Å². The average Bonchev–Trinajstić information content (AvgIpc) is 3.07. The molecule has 0 bridgehead atoms. The average molecular weight is 408 g/mol. The summed E-state index contributed by atoms with van der Waals surface area (Å²) in [5, 5.41) is 7.01. The van der Waals surface area contributed by atoms with Crippen LogP contribution in [-0.4, -0.2) is 42.6 Å². The number of hydrogen-bond acceptors (Lipinski definition) is 5. The lowest BCUT2D eigenvalue weighted by Crippen LogP contribution is -2.41. The molecule has 1 aromatic heterocycles. The first-order valence-corrected chi connectivity index (χ1v) is 10.1. The molecule has 3 rings (SSSR count). The number of para-hydroxylation sites is 1. The summed E-state index contributed by atoms with van der Waals surface area (Å²) in [6.45, 7) is 4.58. The zero-order chi connectivity index (χ0) is 21.5. The van der Waals surface area contributed by atoms with Crippen LogP contribution in [0, 0.1) is 13.8 Å². The number of aryl methyl sites for hydroxylation is 2. The number of carbonyl (C=O) groups excluding carboxylic acids is 1. The van der Waals surface area contributed by atoms with E-state index in [-0.39, 0.29) is 11.9 Å². The molecule has 6 nitrogen and oxygen atoms in total. The first-order valence-electron chi connectivity index (χ1n) is 10.1. The fourth-order valence-electron chi connectivity index (χ4n) is 3.27. The summed E-state index contributed by atoms with van der Waals surface area (Å²) in [7, 11) is 4.06. The van der Waals surface area contributed by atoms with Gasteiger partial charge in [0, 0.05) is 12.6 Å². The van der Waals surface area contributed by atoms with Crippen LogP contribution in [0.5, 0.6) is 5.75 Å². The number of benzene rings is 2. The fourth-order valence-corrected chi connectivity index (χ4v) is 3.27. The first-order chi connectivity index (χ1) is 14.5. The van der Waals surface area contributed by atoms with Crippen molar-refractivity contribution in [2.75, 3.05) is 20.6 Å². The minimum atomic E-state index is -0.149. The predicted molar refractivity (Wildman–Crippen MR) is 117 cm³/mol. The number of aromatic nitrogens is 1. The number of amides is 1. The van der Waals surface area contributed by atoms with E-state index in [1.54, 1.807) is 12.1 Å². The summed E-state index contributed by atoms with van der Waals surface area (Å²) in [6, 6.07) is 17.8. The van der Waals surface area contributed by atoms with Crippen molar-refractivity contribution in [3.8, 4) is 5.75 Å². The molecule has 0 aliphatic rings. The van der Waals surface area contributed by atoms with Gasteiger partial charge in [-0.05, 0) is 52.1 Å². The summed E-state index contributed by atoms with van der Waals surface area (Å²) in [6.07, 6.45) is 0.859. The Balaban J connectivity index is 1.64. The number of likely N-dealkylation sites (N-methyl/N-ethyl adjacent to an activating group) is 1. The Labute approximate surface area is 177 Å². The van der Waals surface area contributed by atoms with E-state index in [0.29, 0.717) is 24.5 Å². The minimum Gasteiger partial charge on any atom is -0.488 e. The molecule has 6 heteroatoms. The highest BCUT2D eigenvalue weighted by Crippen LogP contribution is 2.21. The Bertz CT molecular complexity index is 947. The van der Waals surface area contributed by atoms with Gasteiger partial charge in [-0.2, -0.15) is 0 Å². The van der Waals surface area contributed by atoms with Gasteiger partial charge in [0.25, 0.3) is 5.91 Å². The largest absolute Gasteiger partial charge is 0.488 e. The van der Waals surface area contributed by atoms with Crippen LogP contribution in [0.1, 0.15) is 32.9 Å². The third-order valence-corrected chi connectivity index (χ3v) is 5.23. The molecule has 1 amide bonds. The van der Waals surface area contributed by atoms with Crippen LogP contribution in [0.15, 0.2) is 59.1 Å². The zero-order valence-corrected chi connectivity index (χ0v) is 18.0. The molecule has 0 aliphatic heterocycles. The molecule has 1 unspecified atom stereocenters. The maximum atomic E-state index is 12.9. The second kappa shape index (κ2) is 10.1. The van der Waals surface area contributed by atoms with E-state index in [1.165, 1.54) is 5.56 Å². The predicted octanol–water partition coefficient (Wildman–Crippen LogP) is 3.77. The van der Waals surface area contributed by atoms with Gasteiger partial charge in [0.15, 0.2) is 0 Å². The number of ether oxygens (including phenoxy) is 1. The molecule has 0 spiro atoms. The number of nitrogens with one attached hydrogen (secondary N) is 1. The molecular formula is C24H29N3O3.